The second-order valence-electron chi connectivity index (χ2n) is 12.6. The lowest BCUT2D eigenvalue weighted by Gasteiger charge is -2.35. The van der Waals surface area contributed by atoms with Crippen LogP contribution in [0, 0.1) is 0 Å². The normalized spacial score (nSPS) is 21.1. The van der Waals surface area contributed by atoms with Crippen LogP contribution in [0.3, 0.4) is 0 Å². The van der Waals surface area contributed by atoms with Crippen molar-refractivity contribution >= 4 is 67.7 Å². The maximum Gasteiger partial charge on any atom is 0.352 e. The molecule has 4 aliphatic rings. The zero-order valence-corrected chi connectivity index (χ0v) is 30.7. The first-order valence-corrected chi connectivity index (χ1v) is 19.1. The van der Waals surface area contributed by atoms with E-state index < -0.39 is 59.2 Å². The molecule has 2 spiro atoms. The molecule has 266 valence electrons. The number of carbonyl (C=O) groups excluding carboxylic acids is 6. The molecule has 2 aliphatic carbocycles. The molecule has 4 rings (SSSR count). The van der Waals surface area contributed by atoms with E-state index in [2.05, 4.69) is 31.9 Å². The molecule has 0 aromatic rings. The maximum atomic E-state index is 14.1. The summed E-state index contributed by atoms with van der Waals surface area (Å²) in [4.78, 5) is 81.3. The summed E-state index contributed by atoms with van der Waals surface area (Å²) in [5, 5.41) is -0.0264. The van der Waals surface area contributed by atoms with Crippen molar-refractivity contribution < 1.29 is 57.2 Å². The summed E-state index contributed by atoms with van der Waals surface area (Å²) in [6.07, 6.45) is 4.18. The Kier molecular flexibility index (Phi) is 13.7. The monoisotopic (exact) mass is 802 g/mol. The molecule has 2 saturated carbocycles. The van der Waals surface area contributed by atoms with Crippen LogP contribution in [-0.2, 0) is 57.2 Å². The van der Waals surface area contributed by atoms with Gasteiger partial charge in [-0.1, -0.05) is 71.4 Å². The third kappa shape index (κ3) is 8.17. The summed E-state index contributed by atoms with van der Waals surface area (Å²) >= 11 is 6.55. The molecule has 2 aliphatic heterocycles. The summed E-state index contributed by atoms with van der Waals surface area (Å²) < 4.78 is 33.9. The van der Waals surface area contributed by atoms with Gasteiger partial charge in [-0.2, -0.15) is 0 Å². The number of ether oxygens (including phenoxy) is 6. The topological polar surface area (TPSA) is 158 Å². The summed E-state index contributed by atoms with van der Waals surface area (Å²) in [6.45, 7) is 3.66. The number of rotatable bonds is 15. The van der Waals surface area contributed by atoms with Crippen LogP contribution < -0.4 is 0 Å². The van der Waals surface area contributed by atoms with Crippen molar-refractivity contribution in [1.29, 1.82) is 0 Å². The van der Waals surface area contributed by atoms with Crippen molar-refractivity contribution in [1.82, 2.24) is 0 Å². The predicted octanol–water partition coefficient (Wildman–Crippen LogP) is 5.40. The van der Waals surface area contributed by atoms with Gasteiger partial charge in [0.15, 0.2) is 0 Å². The van der Waals surface area contributed by atoms with Crippen LogP contribution >= 0.6 is 31.9 Å². The predicted molar refractivity (Wildman–Crippen MR) is 177 cm³/mol. The Hall–Kier alpha value is -2.74. The Labute approximate surface area is 297 Å². The number of halogens is 2. The van der Waals surface area contributed by atoms with E-state index in [0.29, 0.717) is 77.0 Å². The van der Waals surface area contributed by atoms with Gasteiger partial charge in [0.05, 0.1) is 35.5 Å². The van der Waals surface area contributed by atoms with Crippen molar-refractivity contribution in [3.8, 4) is 0 Å². The molecule has 2 heterocycles. The summed E-state index contributed by atoms with van der Waals surface area (Å²) in [6, 6.07) is 0. The maximum absolute atomic E-state index is 14.1. The molecule has 0 aromatic heterocycles. The fourth-order valence-corrected chi connectivity index (χ4v) is 7.78. The summed E-state index contributed by atoms with van der Waals surface area (Å²) in [7, 11) is 0. The third-order valence-electron chi connectivity index (χ3n) is 9.27. The van der Waals surface area contributed by atoms with Crippen LogP contribution in [0.4, 0.5) is 0 Å². The SMILES string of the molecule is CCCCOC(=O)C(OC(=O)C1=C(CBr)C(=O)OC12CCCCC2)C(OC(=O)C1=C(CBr)C(=O)OC12CCCCC2)C(=O)OCCCC. The first-order chi connectivity index (χ1) is 23.1. The van der Waals surface area contributed by atoms with Crippen molar-refractivity contribution in [3.63, 3.8) is 0 Å². The van der Waals surface area contributed by atoms with Gasteiger partial charge >= 0.3 is 35.8 Å². The lowest BCUT2D eigenvalue weighted by Crippen LogP contribution is -2.50. The van der Waals surface area contributed by atoms with Crippen LogP contribution in [0.5, 0.6) is 0 Å². The molecular formula is C34H44Br2O12. The Morgan fingerprint density at radius 2 is 1.00 bits per heavy atom. The number of carbonyl (C=O) groups is 6. The smallest absolute Gasteiger partial charge is 0.352 e. The lowest BCUT2D eigenvalue weighted by atomic mass is 9.79. The minimum Gasteiger partial charge on any atom is -0.463 e. The van der Waals surface area contributed by atoms with Gasteiger partial charge in [0.2, 0.25) is 12.2 Å². The van der Waals surface area contributed by atoms with E-state index in [0.717, 1.165) is 12.8 Å². The molecule has 2 fully saturated rings. The molecule has 2 unspecified atom stereocenters. The molecule has 0 amide bonds. The van der Waals surface area contributed by atoms with Gasteiger partial charge in [0, 0.05) is 10.7 Å². The number of alkyl halides is 2. The van der Waals surface area contributed by atoms with Crippen molar-refractivity contribution in [2.24, 2.45) is 0 Å². The third-order valence-corrected chi connectivity index (χ3v) is 10.4. The van der Waals surface area contributed by atoms with Gasteiger partial charge < -0.3 is 28.4 Å². The van der Waals surface area contributed by atoms with Crippen LogP contribution in [0.2, 0.25) is 0 Å². The molecule has 12 nitrogen and oxygen atoms in total. The molecule has 0 N–H and O–H groups in total. The van der Waals surface area contributed by atoms with Crippen LogP contribution in [-0.4, -0.2) is 83.1 Å². The van der Waals surface area contributed by atoms with Crippen molar-refractivity contribution in [3.05, 3.63) is 22.3 Å². The number of esters is 6. The summed E-state index contributed by atoms with van der Waals surface area (Å²) in [5.41, 5.74) is -2.48. The van der Waals surface area contributed by atoms with E-state index in [1.807, 2.05) is 13.8 Å². The van der Waals surface area contributed by atoms with Crippen LogP contribution in [0.15, 0.2) is 22.3 Å². The van der Waals surface area contributed by atoms with E-state index in [4.69, 9.17) is 28.4 Å². The zero-order valence-electron chi connectivity index (χ0n) is 27.5. The van der Waals surface area contributed by atoms with E-state index in [-0.39, 0.29) is 46.2 Å². The fraction of sp³-hybridized carbons (Fsp3) is 0.706. The molecule has 2 atom stereocenters. The second-order valence-corrected chi connectivity index (χ2v) is 13.7. The minimum atomic E-state index is -2.10. The fourth-order valence-electron chi connectivity index (χ4n) is 6.76. The van der Waals surface area contributed by atoms with Gasteiger partial charge in [-0.15, -0.1) is 0 Å². The quantitative estimate of drug-likeness (QED) is 0.0901. The van der Waals surface area contributed by atoms with Crippen LogP contribution in [0.1, 0.15) is 104 Å². The molecule has 48 heavy (non-hydrogen) atoms. The highest BCUT2D eigenvalue weighted by molar-refractivity contribution is 9.09. The van der Waals surface area contributed by atoms with Gasteiger partial charge in [-0.3, -0.25) is 0 Å². The molecule has 0 bridgehead atoms. The Balaban J connectivity index is 1.74. The first kappa shape index (κ1) is 38.1. The summed E-state index contributed by atoms with van der Waals surface area (Å²) in [5.74, 6) is -5.76. The Bertz CT molecular complexity index is 1220. The lowest BCUT2D eigenvalue weighted by molar-refractivity contribution is -0.191. The standard InChI is InChI=1S/C34H44Br2O12/c1-3-5-17-43-31(41)25(45-29(39)23-21(19-35)27(37)47-33(23)13-9-7-10-14-33)26(32(42)44-18-6-4-2)46-30(40)24-22(20-36)28(38)48-34(24)15-11-8-12-16-34/h25-26H,3-20H2,1-2H3. The average Bonchev–Trinajstić information content (AvgIpc) is 3.50. The highest BCUT2D eigenvalue weighted by atomic mass is 79.9. The molecule has 0 aromatic carbocycles. The van der Waals surface area contributed by atoms with Crippen LogP contribution in [0.25, 0.3) is 0 Å². The van der Waals surface area contributed by atoms with Gasteiger partial charge in [0.1, 0.15) is 11.2 Å². The first-order valence-electron chi connectivity index (χ1n) is 16.9. The van der Waals surface area contributed by atoms with E-state index >= 15 is 0 Å². The second kappa shape index (κ2) is 17.3. The van der Waals surface area contributed by atoms with E-state index in [1.54, 1.807) is 0 Å². The van der Waals surface area contributed by atoms with Gasteiger partial charge in [-0.25, -0.2) is 28.8 Å². The Morgan fingerprint density at radius 3 is 1.31 bits per heavy atom. The molecule has 0 saturated heterocycles. The van der Waals surface area contributed by atoms with Gasteiger partial charge in [0.25, 0.3) is 0 Å². The number of hydrogen-bond acceptors (Lipinski definition) is 12. The van der Waals surface area contributed by atoms with E-state index in [1.165, 1.54) is 0 Å². The van der Waals surface area contributed by atoms with Gasteiger partial charge in [-0.05, 0) is 64.2 Å². The highest BCUT2D eigenvalue weighted by Gasteiger charge is 2.55. The van der Waals surface area contributed by atoms with Crippen molar-refractivity contribution in [2.45, 2.75) is 127 Å². The Morgan fingerprint density at radius 1 is 0.646 bits per heavy atom. The molecular weight excluding hydrogens is 760 g/mol. The molecule has 14 heteroatoms. The average molecular weight is 805 g/mol. The van der Waals surface area contributed by atoms with E-state index in [9.17, 15) is 28.8 Å². The van der Waals surface area contributed by atoms with Crippen molar-refractivity contribution in [2.75, 3.05) is 23.9 Å². The largest absolute Gasteiger partial charge is 0.463 e. The number of hydrogen-bond donors (Lipinski definition) is 0. The zero-order chi connectivity index (χ0) is 34.9. The molecule has 0 radical (unpaired) electrons. The highest BCUT2D eigenvalue weighted by Crippen LogP contribution is 2.46. The number of unbranched alkanes of at least 4 members (excludes halogenated alkanes) is 2. The minimum absolute atomic E-state index is 0.0132.